The van der Waals surface area contributed by atoms with Crippen LogP contribution in [0.3, 0.4) is 0 Å². The number of carbonyl (C=O) groups excluding carboxylic acids is 1. The van der Waals surface area contributed by atoms with Crippen molar-refractivity contribution < 1.29 is 9.32 Å². The van der Waals surface area contributed by atoms with Crippen LogP contribution < -0.4 is 5.32 Å². The quantitative estimate of drug-likeness (QED) is 0.736. The zero-order valence-electron chi connectivity index (χ0n) is 14.9. The molecule has 3 aromatic rings. The minimum Gasteiger partial charge on any atom is -0.360 e. The molecule has 4 rings (SSSR count). The summed E-state index contributed by atoms with van der Waals surface area (Å²) < 4.78 is 4.97. The first-order valence-corrected chi connectivity index (χ1v) is 9.05. The Morgan fingerprint density at radius 2 is 2.31 bits per heavy atom. The molecule has 136 valence electrons. The number of nitrogens with one attached hydrogen (secondary N) is 2. The summed E-state index contributed by atoms with van der Waals surface area (Å²) in [5.41, 5.74) is 2.09. The van der Waals surface area contributed by atoms with Crippen LogP contribution in [0.5, 0.6) is 0 Å². The molecule has 1 aromatic carbocycles. The number of nitrogens with zero attached hydrogens (tertiary/aromatic N) is 3. The van der Waals surface area contributed by atoms with Gasteiger partial charge in [0.15, 0.2) is 5.82 Å². The van der Waals surface area contributed by atoms with E-state index >= 15 is 0 Å². The first-order valence-electron chi connectivity index (χ1n) is 9.05. The van der Waals surface area contributed by atoms with Crippen LogP contribution in [-0.4, -0.2) is 45.6 Å². The van der Waals surface area contributed by atoms with Crippen molar-refractivity contribution in [3.05, 3.63) is 41.9 Å². The standard InChI is InChI=1S/C19H23N5O2/c1-13-9-18(23-26-13)22-19(25)12-24-8-4-5-14(11-24)10-17-20-15-6-2-3-7-16(15)21-17/h2-3,6-7,9,14H,4-5,8,10-12H2,1H3,(H,20,21)(H,22,23,25)/t14-/m0/s1. The molecule has 0 unspecified atom stereocenters. The van der Waals surface area contributed by atoms with Crippen LogP contribution in [0.2, 0.25) is 0 Å². The summed E-state index contributed by atoms with van der Waals surface area (Å²) in [6.45, 7) is 4.03. The Kier molecular flexibility index (Phi) is 4.71. The Morgan fingerprint density at radius 1 is 1.42 bits per heavy atom. The van der Waals surface area contributed by atoms with E-state index in [9.17, 15) is 4.79 Å². The number of amides is 1. The highest BCUT2D eigenvalue weighted by molar-refractivity contribution is 5.91. The van der Waals surface area contributed by atoms with E-state index in [-0.39, 0.29) is 5.91 Å². The fourth-order valence-corrected chi connectivity index (χ4v) is 3.65. The number of benzene rings is 1. The zero-order valence-corrected chi connectivity index (χ0v) is 14.9. The van der Waals surface area contributed by atoms with Crippen LogP contribution >= 0.6 is 0 Å². The third-order valence-electron chi connectivity index (χ3n) is 4.79. The highest BCUT2D eigenvalue weighted by Crippen LogP contribution is 2.21. The highest BCUT2D eigenvalue weighted by Gasteiger charge is 2.23. The van der Waals surface area contributed by atoms with Crippen molar-refractivity contribution in [2.24, 2.45) is 5.92 Å². The topological polar surface area (TPSA) is 87.0 Å². The first-order chi connectivity index (χ1) is 12.7. The van der Waals surface area contributed by atoms with Gasteiger partial charge in [0.1, 0.15) is 11.6 Å². The van der Waals surface area contributed by atoms with Crippen molar-refractivity contribution in [2.45, 2.75) is 26.2 Å². The summed E-state index contributed by atoms with van der Waals surface area (Å²) in [6, 6.07) is 9.82. The Morgan fingerprint density at radius 3 is 3.12 bits per heavy atom. The predicted octanol–water partition coefficient (Wildman–Crippen LogP) is 2.75. The number of aryl methyl sites for hydroxylation is 1. The number of hydrogen-bond acceptors (Lipinski definition) is 5. The van der Waals surface area contributed by atoms with E-state index in [4.69, 9.17) is 4.52 Å². The molecular weight excluding hydrogens is 330 g/mol. The van der Waals surface area contributed by atoms with Crippen LogP contribution in [0.25, 0.3) is 11.0 Å². The first kappa shape index (κ1) is 16.8. The zero-order chi connectivity index (χ0) is 17.9. The molecule has 0 radical (unpaired) electrons. The Labute approximate surface area is 151 Å². The summed E-state index contributed by atoms with van der Waals surface area (Å²) in [4.78, 5) is 22.5. The summed E-state index contributed by atoms with van der Waals surface area (Å²) in [7, 11) is 0. The van der Waals surface area contributed by atoms with Gasteiger partial charge < -0.3 is 14.8 Å². The lowest BCUT2D eigenvalue weighted by Gasteiger charge is -2.31. The van der Waals surface area contributed by atoms with Gasteiger partial charge in [-0.1, -0.05) is 17.3 Å². The van der Waals surface area contributed by atoms with Crippen LogP contribution in [0, 0.1) is 12.8 Å². The number of anilines is 1. The van der Waals surface area contributed by atoms with E-state index in [0.717, 1.165) is 49.2 Å². The number of fused-ring (bicyclic) bond motifs is 1. The molecule has 0 aliphatic carbocycles. The molecule has 7 heteroatoms. The third kappa shape index (κ3) is 3.94. The van der Waals surface area contributed by atoms with Gasteiger partial charge in [-0.15, -0.1) is 0 Å². The molecule has 0 bridgehead atoms. The van der Waals surface area contributed by atoms with Crippen molar-refractivity contribution in [3.63, 3.8) is 0 Å². The van der Waals surface area contributed by atoms with Gasteiger partial charge in [-0.25, -0.2) is 4.98 Å². The molecule has 26 heavy (non-hydrogen) atoms. The molecule has 0 saturated carbocycles. The lowest BCUT2D eigenvalue weighted by atomic mass is 9.94. The highest BCUT2D eigenvalue weighted by atomic mass is 16.5. The van der Waals surface area contributed by atoms with E-state index in [1.807, 2.05) is 18.2 Å². The van der Waals surface area contributed by atoms with Gasteiger partial charge in [-0.2, -0.15) is 0 Å². The molecule has 2 N–H and O–H groups in total. The summed E-state index contributed by atoms with van der Waals surface area (Å²) in [5.74, 6) is 2.64. The number of aromatic nitrogens is 3. The molecule has 7 nitrogen and oxygen atoms in total. The van der Waals surface area contributed by atoms with Gasteiger partial charge in [0.2, 0.25) is 5.91 Å². The maximum atomic E-state index is 12.2. The second-order valence-corrected chi connectivity index (χ2v) is 7.02. The summed E-state index contributed by atoms with van der Waals surface area (Å²) in [5, 5.41) is 6.59. The van der Waals surface area contributed by atoms with Crippen molar-refractivity contribution in [3.8, 4) is 0 Å². The average molecular weight is 353 g/mol. The van der Waals surface area contributed by atoms with Crippen molar-refractivity contribution in [1.82, 2.24) is 20.0 Å². The molecule has 1 aliphatic heterocycles. The van der Waals surface area contributed by atoms with Gasteiger partial charge in [0.05, 0.1) is 17.6 Å². The number of imidazole rings is 1. The van der Waals surface area contributed by atoms with E-state index in [1.165, 1.54) is 0 Å². The van der Waals surface area contributed by atoms with Gasteiger partial charge >= 0.3 is 0 Å². The van der Waals surface area contributed by atoms with E-state index < -0.39 is 0 Å². The second kappa shape index (κ2) is 7.29. The van der Waals surface area contributed by atoms with E-state index in [2.05, 4.69) is 31.4 Å². The van der Waals surface area contributed by atoms with Crippen LogP contribution in [0.1, 0.15) is 24.4 Å². The minimum absolute atomic E-state index is 0.0531. The lowest BCUT2D eigenvalue weighted by Crippen LogP contribution is -2.41. The monoisotopic (exact) mass is 353 g/mol. The fourth-order valence-electron chi connectivity index (χ4n) is 3.65. The molecule has 1 atom stereocenters. The maximum Gasteiger partial charge on any atom is 0.239 e. The molecule has 1 saturated heterocycles. The van der Waals surface area contributed by atoms with Gasteiger partial charge in [-0.3, -0.25) is 9.69 Å². The Hall–Kier alpha value is -2.67. The number of aromatic amines is 1. The van der Waals surface area contributed by atoms with E-state index in [0.29, 0.717) is 24.0 Å². The second-order valence-electron chi connectivity index (χ2n) is 7.02. The molecule has 2 aromatic heterocycles. The molecular formula is C19H23N5O2. The van der Waals surface area contributed by atoms with Crippen LogP contribution in [0.15, 0.2) is 34.9 Å². The number of carbonyl (C=O) groups is 1. The molecule has 1 fully saturated rings. The smallest absolute Gasteiger partial charge is 0.239 e. The largest absolute Gasteiger partial charge is 0.360 e. The number of likely N-dealkylation sites (tertiary alicyclic amines) is 1. The fraction of sp³-hybridized carbons (Fsp3) is 0.421. The van der Waals surface area contributed by atoms with Crippen molar-refractivity contribution in [1.29, 1.82) is 0 Å². The third-order valence-corrected chi connectivity index (χ3v) is 4.79. The van der Waals surface area contributed by atoms with Gasteiger partial charge in [0, 0.05) is 19.0 Å². The van der Waals surface area contributed by atoms with Gasteiger partial charge in [0.25, 0.3) is 0 Å². The summed E-state index contributed by atoms with van der Waals surface area (Å²) in [6.07, 6.45) is 3.17. The predicted molar refractivity (Wildman–Crippen MR) is 98.8 cm³/mol. The number of H-pyrrole nitrogens is 1. The SMILES string of the molecule is Cc1cc(NC(=O)CN2CCC[C@@H](Cc3nc4ccccc4[nH]3)C2)no1. The normalized spacial score (nSPS) is 18.3. The number of rotatable bonds is 5. The van der Waals surface area contributed by atoms with E-state index in [1.54, 1.807) is 13.0 Å². The van der Waals surface area contributed by atoms with Crippen LogP contribution in [-0.2, 0) is 11.2 Å². The van der Waals surface area contributed by atoms with Gasteiger partial charge in [-0.05, 0) is 44.4 Å². The number of hydrogen-bond donors (Lipinski definition) is 2. The molecule has 1 amide bonds. The molecule has 0 spiro atoms. The average Bonchev–Trinajstić information content (AvgIpc) is 3.20. The molecule has 1 aliphatic rings. The number of para-hydroxylation sites is 2. The minimum atomic E-state index is -0.0531. The molecule has 3 heterocycles. The summed E-state index contributed by atoms with van der Waals surface area (Å²) >= 11 is 0. The Bertz CT molecular complexity index is 867. The lowest BCUT2D eigenvalue weighted by molar-refractivity contribution is -0.117. The van der Waals surface area contributed by atoms with Crippen LogP contribution in [0.4, 0.5) is 5.82 Å². The van der Waals surface area contributed by atoms with Crippen molar-refractivity contribution in [2.75, 3.05) is 25.0 Å². The Balaban J connectivity index is 1.32. The van der Waals surface area contributed by atoms with Crippen molar-refractivity contribution >= 4 is 22.8 Å². The number of piperidine rings is 1. The maximum absolute atomic E-state index is 12.2.